The summed E-state index contributed by atoms with van der Waals surface area (Å²) in [7, 11) is -0.409. The number of benzene rings is 2. The molecule has 0 unspecified atom stereocenters. The van der Waals surface area contributed by atoms with E-state index in [2.05, 4.69) is 5.32 Å². The van der Waals surface area contributed by atoms with E-state index >= 15 is 0 Å². The van der Waals surface area contributed by atoms with E-state index in [9.17, 15) is 13.2 Å². The Labute approximate surface area is 166 Å². The highest BCUT2D eigenvalue weighted by Crippen LogP contribution is 2.29. The minimum Gasteiger partial charge on any atom is -0.495 e. The second kappa shape index (κ2) is 10.1. The van der Waals surface area contributed by atoms with Gasteiger partial charge in [-0.25, -0.2) is 8.42 Å². The van der Waals surface area contributed by atoms with Crippen molar-refractivity contribution in [3.63, 3.8) is 0 Å². The summed E-state index contributed by atoms with van der Waals surface area (Å²) in [6.07, 6.45) is 1.70. The van der Waals surface area contributed by atoms with Crippen LogP contribution in [-0.4, -0.2) is 41.3 Å². The number of nitrogens with one attached hydrogen (secondary N) is 1. The molecular formula is C20H26N2O5S. The Kier molecular flexibility index (Phi) is 7.83. The van der Waals surface area contributed by atoms with E-state index in [1.807, 2.05) is 18.2 Å². The molecule has 0 aliphatic carbocycles. The first-order valence-corrected chi connectivity index (χ1v) is 10.7. The number of sulfonamides is 1. The van der Waals surface area contributed by atoms with Gasteiger partial charge in [0.1, 0.15) is 5.75 Å². The monoisotopic (exact) mass is 406 g/mol. The second-order valence-corrected chi connectivity index (χ2v) is 8.20. The smallest absolute Gasteiger partial charge is 0.232 e. The number of rotatable bonds is 10. The summed E-state index contributed by atoms with van der Waals surface area (Å²) >= 11 is 0. The van der Waals surface area contributed by atoms with Gasteiger partial charge in [-0.2, -0.15) is 0 Å². The van der Waals surface area contributed by atoms with Crippen molar-refractivity contribution in [1.82, 2.24) is 0 Å². The van der Waals surface area contributed by atoms with Crippen LogP contribution in [0.25, 0.3) is 0 Å². The summed E-state index contributed by atoms with van der Waals surface area (Å²) in [4.78, 5) is 12.2. The largest absolute Gasteiger partial charge is 0.495 e. The molecule has 7 nitrogen and oxygen atoms in total. The number of carbonyl (C=O) groups excluding carboxylic acids is 1. The maximum atomic E-state index is 12.2. The van der Waals surface area contributed by atoms with Gasteiger partial charge < -0.3 is 14.8 Å². The van der Waals surface area contributed by atoms with Gasteiger partial charge in [-0.3, -0.25) is 9.10 Å². The highest BCUT2D eigenvalue weighted by atomic mass is 32.2. The molecule has 0 saturated heterocycles. The van der Waals surface area contributed by atoms with Crippen molar-refractivity contribution in [2.24, 2.45) is 0 Å². The van der Waals surface area contributed by atoms with Crippen molar-refractivity contribution in [2.75, 3.05) is 36.6 Å². The normalized spacial score (nSPS) is 11.1. The minimum absolute atomic E-state index is 0.177. The summed E-state index contributed by atoms with van der Waals surface area (Å²) < 4.78 is 36.1. The third kappa shape index (κ3) is 6.24. The van der Waals surface area contributed by atoms with Crippen LogP contribution in [-0.2, 0) is 26.2 Å². The first kappa shape index (κ1) is 21.7. The highest BCUT2D eigenvalue weighted by molar-refractivity contribution is 7.92. The Balaban J connectivity index is 1.99. The molecule has 0 saturated carbocycles. The number of anilines is 2. The van der Waals surface area contributed by atoms with E-state index in [-0.39, 0.29) is 18.9 Å². The molecule has 0 spiro atoms. The van der Waals surface area contributed by atoms with Crippen molar-refractivity contribution < 1.29 is 22.7 Å². The van der Waals surface area contributed by atoms with Gasteiger partial charge in [0, 0.05) is 25.8 Å². The number of carbonyl (C=O) groups is 1. The molecule has 8 heteroatoms. The molecule has 28 heavy (non-hydrogen) atoms. The Bertz CT molecular complexity index is 899. The molecule has 152 valence electrons. The van der Waals surface area contributed by atoms with Crippen molar-refractivity contribution >= 4 is 27.3 Å². The van der Waals surface area contributed by atoms with Crippen LogP contribution in [0.4, 0.5) is 11.4 Å². The molecule has 0 bridgehead atoms. The summed E-state index contributed by atoms with van der Waals surface area (Å²) in [6, 6.07) is 14.3. The number of nitrogens with zero attached hydrogens (tertiary/aromatic N) is 1. The Morgan fingerprint density at radius 2 is 1.86 bits per heavy atom. The fourth-order valence-electron chi connectivity index (χ4n) is 2.81. The van der Waals surface area contributed by atoms with Crippen LogP contribution in [0.15, 0.2) is 48.5 Å². The average molecular weight is 407 g/mol. The van der Waals surface area contributed by atoms with Crippen LogP contribution in [0.5, 0.6) is 5.75 Å². The number of methoxy groups -OCH3 is 2. The predicted octanol–water partition coefficient (Wildman–Crippen LogP) is 3.03. The van der Waals surface area contributed by atoms with Crippen LogP contribution in [0.3, 0.4) is 0 Å². The standard InChI is InChI=1S/C20H26N2O5S/c1-26-15-16-8-6-9-17(14-16)21-20(23)12-7-13-22(28(3,24)25)18-10-4-5-11-19(18)27-2/h4-6,8-11,14H,7,12-13,15H2,1-3H3,(H,21,23). The fraction of sp³-hybridized carbons (Fsp3) is 0.350. The van der Waals surface area contributed by atoms with Gasteiger partial charge in [0.05, 0.1) is 25.7 Å². The Morgan fingerprint density at radius 1 is 1.11 bits per heavy atom. The zero-order valence-corrected chi connectivity index (χ0v) is 17.2. The molecule has 2 rings (SSSR count). The molecule has 0 atom stereocenters. The lowest BCUT2D eigenvalue weighted by molar-refractivity contribution is -0.116. The highest BCUT2D eigenvalue weighted by Gasteiger charge is 2.20. The molecule has 1 N–H and O–H groups in total. The zero-order chi connectivity index (χ0) is 20.6. The van der Waals surface area contributed by atoms with Gasteiger partial charge in [-0.15, -0.1) is 0 Å². The lowest BCUT2D eigenvalue weighted by Gasteiger charge is -2.24. The molecule has 0 fully saturated rings. The van der Waals surface area contributed by atoms with E-state index in [4.69, 9.17) is 9.47 Å². The number of amides is 1. The molecule has 0 aliphatic rings. The first-order valence-electron chi connectivity index (χ1n) is 8.83. The van der Waals surface area contributed by atoms with E-state index in [1.54, 1.807) is 37.4 Å². The number of hydrogen-bond acceptors (Lipinski definition) is 5. The van der Waals surface area contributed by atoms with Crippen molar-refractivity contribution in [2.45, 2.75) is 19.4 Å². The number of hydrogen-bond donors (Lipinski definition) is 1. The quantitative estimate of drug-likeness (QED) is 0.656. The average Bonchev–Trinajstić information content (AvgIpc) is 2.65. The molecular weight excluding hydrogens is 380 g/mol. The number of ether oxygens (including phenoxy) is 2. The lowest BCUT2D eigenvalue weighted by atomic mass is 10.2. The molecule has 2 aromatic rings. The summed E-state index contributed by atoms with van der Waals surface area (Å²) in [5.74, 6) is 0.287. The SMILES string of the molecule is COCc1cccc(NC(=O)CCCN(c2ccccc2OC)S(C)(=O)=O)c1. The Morgan fingerprint density at radius 3 is 2.54 bits per heavy atom. The van der Waals surface area contributed by atoms with E-state index < -0.39 is 10.0 Å². The van der Waals surface area contributed by atoms with Crippen LogP contribution in [0, 0.1) is 0 Å². The summed E-state index contributed by atoms with van der Waals surface area (Å²) in [6.45, 7) is 0.641. The molecule has 0 heterocycles. The lowest BCUT2D eigenvalue weighted by Crippen LogP contribution is -2.31. The maximum absolute atomic E-state index is 12.2. The van der Waals surface area contributed by atoms with Crippen molar-refractivity contribution in [1.29, 1.82) is 0 Å². The fourth-order valence-corrected chi connectivity index (χ4v) is 3.78. The summed E-state index contributed by atoms with van der Waals surface area (Å²) in [5, 5.41) is 2.83. The Hall–Kier alpha value is -2.58. The molecule has 0 radical (unpaired) electrons. The van der Waals surface area contributed by atoms with Gasteiger partial charge in [0.25, 0.3) is 0 Å². The van der Waals surface area contributed by atoms with Gasteiger partial charge in [-0.1, -0.05) is 24.3 Å². The second-order valence-electron chi connectivity index (χ2n) is 6.29. The van der Waals surface area contributed by atoms with Gasteiger partial charge in [0.15, 0.2) is 0 Å². The summed E-state index contributed by atoms with van der Waals surface area (Å²) in [5.41, 5.74) is 2.10. The zero-order valence-electron chi connectivity index (χ0n) is 16.3. The third-order valence-electron chi connectivity index (χ3n) is 4.04. The van der Waals surface area contributed by atoms with Crippen LogP contribution in [0.2, 0.25) is 0 Å². The van der Waals surface area contributed by atoms with E-state index in [0.29, 0.717) is 30.2 Å². The van der Waals surface area contributed by atoms with Crippen LogP contribution in [0.1, 0.15) is 18.4 Å². The van der Waals surface area contributed by atoms with Gasteiger partial charge >= 0.3 is 0 Å². The number of para-hydroxylation sites is 2. The third-order valence-corrected chi connectivity index (χ3v) is 5.22. The first-order chi connectivity index (χ1) is 13.3. The van der Waals surface area contributed by atoms with Crippen LogP contribution >= 0.6 is 0 Å². The topological polar surface area (TPSA) is 84.9 Å². The molecule has 0 aliphatic heterocycles. The molecule has 1 amide bonds. The van der Waals surface area contributed by atoms with Gasteiger partial charge in [0.2, 0.25) is 15.9 Å². The molecule has 0 aromatic heterocycles. The predicted molar refractivity (Wildman–Crippen MR) is 110 cm³/mol. The maximum Gasteiger partial charge on any atom is 0.232 e. The minimum atomic E-state index is -3.51. The molecule has 2 aromatic carbocycles. The van der Waals surface area contributed by atoms with Crippen molar-refractivity contribution in [3.8, 4) is 5.75 Å². The van der Waals surface area contributed by atoms with E-state index in [1.165, 1.54) is 11.4 Å². The van der Waals surface area contributed by atoms with Crippen LogP contribution < -0.4 is 14.4 Å². The van der Waals surface area contributed by atoms with Crippen molar-refractivity contribution in [3.05, 3.63) is 54.1 Å². The van der Waals surface area contributed by atoms with E-state index in [0.717, 1.165) is 11.8 Å². The van der Waals surface area contributed by atoms with Gasteiger partial charge in [-0.05, 0) is 36.2 Å².